The minimum Gasteiger partial charge on any atom is -0.373 e. The van der Waals surface area contributed by atoms with Crippen molar-refractivity contribution >= 4 is 35.8 Å². The lowest BCUT2D eigenvalue weighted by molar-refractivity contribution is -0.127. The molecule has 0 radical (unpaired) electrons. The Morgan fingerprint density at radius 2 is 1.96 bits per heavy atom. The first-order valence-electron chi connectivity index (χ1n) is 9.41. The summed E-state index contributed by atoms with van der Waals surface area (Å²) in [6.45, 7) is 6.58. The molecule has 0 spiro atoms. The van der Waals surface area contributed by atoms with Crippen LogP contribution < -0.4 is 10.6 Å². The van der Waals surface area contributed by atoms with Crippen molar-refractivity contribution in [2.75, 3.05) is 40.3 Å². The normalized spacial score (nSPS) is 19.8. The number of likely N-dealkylation sites (N-methyl/N-ethyl adjacent to an activating group) is 1. The van der Waals surface area contributed by atoms with Gasteiger partial charge in [-0.3, -0.25) is 4.79 Å². The molecule has 1 heterocycles. The molecular formula is C20H33IN4O2. The lowest BCUT2D eigenvalue weighted by Gasteiger charge is -2.32. The van der Waals surface area contributed by atoms with Crippen LogP contribution in [0, 0.1) is 12.8 Å². The summed E-state index contributed by atoms with van der Waals surface area (Å²) in [5.41, 5.74) is 2.48. The molecule has 1 aromatic rings. The second kappa shape index (κ2) is 12.2. The Labute approximate surface area is 180 Å². The summed E-state index contributed by atoms with van der Waals surface area (Å²) in [5.74, 6) is 1.04. The topological polar surface area (TPSA) is 66.0 Å². The maximum Gasteiger partial charge on any atom is 0.243 e. The van der Waals surface area contributed by atoms with Crippen molar-refractivity contribution in [3.63, 3.8) is 0 Å². The van der Waals surface area contributed by atoms with Gasteiger partial charge in [-0.1, -0.05) is 29.8 Å². The van der Waals surface area contributed by atoms with Gasteiger partial charge in [0.2, 0.25) is 5.91 Å². The zero-order chi connectivity index (χ0) is 18.9. The van der Waals surface area contributed by atoms with Crippen LogP contribution in [0.3, 0.4) is 0 Å². The number of nitrogens with zero attached hydrogens (tertiary/aromatic N) is 2. The Balaban J connectivity index is 0.00000364. The van der Waals surface area contributed by atoms with E-state index in [9.17, 15) is 4.79 Å². The highest BCUT2D eigenvalue weighted by atomic mass is 127. The molecule has 0 aliphatic carbocycles. The number of carbonyl (C=O) groups excluding carboxylic acids is 1. The number of nitrogens with one attached hydrogen (secondary N) is 2. The fourth-order valence-corrected chi connectivity index (χ4v) is 3.03. The summed E-state index contributed by atoms with van der Waals surface area (Å²) >= 11 is 0. The first-order valence-corrected chi connectivity index (χ1v) is 9.41. The van der Waals surface area contributed by atoms with E-state index in [1.54, 1.807) is 19.0 Å². The first kappa shape index (κ1) is 23.7. The number of guanidine groups is 1. The van der Waals surface area contributed by atoms with E-state index in [-0.39, 0.29) is 42.5 Å². The molecule has 2 unspecified atom stereocenters. The molecule has 0 saturated carbocycles. The van der Waals surface area contributed by atoms with E-state index in [2.05, 4.69) is 46.8 Å². The Kier molecular flexibility index (Phi) is 10.7. The van der Waals surface area contributed by atoms with Crippen LogP contribution in [0.15, 0.2) is 29.3 Å². The molecule has 1 saturated heterocycles. The minimum atomic E-state index is -0.0132. The number of hydrogen-bond donors (Lipinski definition) is 2. The smallest absolute Gasteiger partial charge is 0.243 e. The number of halogens is 1. The molecule has 1 amide bonds. The van der Waals surface area contributed by atoms with Gasteiger partial charge in [0.15, 0.2) is 5.96 Å². The molecule has 1 aliphatic heterocycles. The number of ether oxygens (including phenoxy) is 1. The number of amides is 1. The van der Waals surface area contributed by atoms with Crippen molar-refractivity contribution in [1.82, 2.24) is 15.5 Å². The summed E-state index contributed by atoms with van der Waals surface area (Å²) in [5, 5.41) is 6.59. The molecular weight excluding hydrogens is 455 g/mol. The highest BCUT2D eigenvalue weighted by Crippen LogP contribution is 2.33. The Hall–Kier alpha value is -1.35. The maximum atomic E-state index is 11.8. The number of aryl methyl sites for hydroxylation is 1. The van der Waals surface area contributed by atoms with E-state index >= 15 is 0 Å². The highest BCUT2D eigenvalue weighted by molar-refractivity contribution is 14.0. The average Bonchev–Trinajstić information content (AvgIpc) is 2.64. The maximum absolute atomic E-state index is 11.8. The molecule has 1 aromatic carbocycles. The number of rotatable bonds is 6. The second-order valence-corrected chi connectivity index (χ2v) is 6.97. The van der Waals surface area contributed by atoms with Crippen LogP contribution in [0.5, 0.6) is 0 Å². The van der Waals surface area contributed by atoms with Crippen LogP contribution in [0.2, 0.25) is 0 Å². The molecule has 152 valence electrons. The van der Waals surface area contributed by atoms with E-state index in [1.165, 1.54) is 11.1 Å². The van der Waals surface area contributed by atoms with E-state index in [0.717, 1.165) is 32.5 Å². The van der Waals surface area contributed by atoms with Gasteiger partial charge in [0.1, 0.15) is 6.54 Å². The monoisotopic (exact) mass is 488 g/mol. The van der Waals surface area contributed by atoms with Crippen molar-refractivity contribution in [3.05, 3.63) is 35.4 Å². The lowest BCUT2D eigenvalue weighted by atomic mass is 9.89. The van der Waals surface area contributed by atoms with E-state index in [4.69, 9.17) is 4.74 Å². The molecule has 0 bridgehead atoms. The van der Waals surface area contributed by atoms with Crippen molar-refractivity contribution in [3.8, 4) is 0 Å². The molecule has 0 aromatic heterocycles. The van der Waals surface area contributed by atoms with E-state index in [1.807, 2.05) is 6.92 Å². The fraction of sp³-hybridized carbons (Fsp3) is 0.600. The second-order valence-electron chi connectivity index (χ2n) is 6.97. The standard InChI is InChI=1S/C20H32N4O2.HI/c1-5-21-20(23-14-18(25)24(3)4)22-13-17-7-6-12-26-19(17)16-10-8-15(2)9-11-16;/h8-11,17,19H,5-7,12-14H2,1-4H3,(H2,21,22,23);1H. The summed E-state index contributed by atoms with van der Waals surface area (Å²) < 4.78 is 6.08. The first-order chi connectivity index (χ1) is 12.5. The quantitative estimate of drug-likeness (QED) is 0.367. The average molecular weight is 488 g/mol. The molecule has 2 atom stereocenters. The van der Waals surface area contributed by atoms with E-state index in [0.29, 0.717) is 11.9 Å². The van der Waals surface area contributed by atoms with Crippen LogP contribution in [-0.2, 0) is 9.53 Å². The third kappa shape index (κ3) is 7.65. The van der Waals surface area contributed by atoms with Crippen LogP contribution in [-0.4, -0.2) is 57.1 Å². The predicted molar refractivity (Wildman–Crippen MR) is 121 cm³/mol. The SMILES string of the molecule is CCNC(=NCC(=O)N(C)C)NCC1CCCOC1c1ccc(C)cc1.I. The third-order valence-electron chi connectivity index (χ3n) is 4.60. The fourth-order valence-electron chi connectivity index (χ4n) is 3.03. The number of carbonyl (C=O) groups is 1. The van der Waals surface area contributed by atoms with Crippen LogP contribution >= 0.6 is 24.0 Å². The van der Waals surface area contributed by atoms with Gasteiger partial charge < -0.3 is 20.3 Å². The zero-order valence-electron chi connectivity index (χ0n) is 16.8. The van der Waals surface area contributed by atoms with Gasteiger partial charge in [-0.25, -0.2) is 4.99 Å². The highest BCUT2D eigenvalue weighted by Gasteiger charge is 2.27. The molecule has 2 rings (SSSR count). The summed E-state index contributed by atoms with van der Waals surface area (Å²) in [4.78, 5) is 17.7. The van der Waals surface area contributed by atoms with Gasteiger partial charge in [0.25, 0.3) is 0 Å². The van der Waals surface area contributed by atoms with Crippen molar-refractivity contribution in [2.24, 2.45) is 10.9 Å². The van der Waals surface area contributed by atoms with Gasteiger partial charge in [-0.15, -0.1) is 24.0 Å². The summed E-state index contributed by atoms with van der Waals surface area (Å²) in [7, 11) is 3.48. The molecule has 6 nitrogen and oxygen atoms in total. The van der Waals surface area contributed by atoms with E-state index < -0.39 is 0 Å². The minimum absolute atomic E-state index is 0. The summed E-state index contributed by atoms with van der Waals surface area (Å²) in [6.07, 6.45) is 2.28. The van der Waals surface area contributed by atoms with Crippen molar-refractivity contribution < 1.29 is 9.53 Å². The largest absolute Gasteiger partial charge is 0.373 e. The van der Waals surface area contributed by atoms with Gasteiger partial charge in [0, 0.05) is 39.7 Å². The summed E-state index contributed by atoms with van der Waals surface area (Å²) in [6, 6.07) is 8.59. The molecule has 27 heavy (non-hydrogen) atoms. The molecule has 2 N–H and O–H groups in total. The Morgan fingerprint density at radius 3 is 2.59 bits per heavy atom. The molecule has 1 aliphatic rings. The third-order valence-corrected chi connectivity index (χ3v) is 4.60. The Morgan fingerprint density at radius 1 is 1.26 bits per heavy atom. The number of aliphatic imine (C=N–C) groups is 1. The van der Waals surface area contributed by atoms with Crippen LogP contribution in [0.1, 0.15) is 37.0 Å². The molecule has 7 heteroatoms. The predicted octanol–water partition coefficient (Wildman–Crippen LogP) is 2.72. The van der Waals surface area contributed by atoms with Gasteiger partial charge >= 0.3 is 0 Å². The number of hydrogen-bond acceptors (Lipinski definition) is 3. The van der Waals surface area contributed by atoms with Crippen molar-refractivity contribution in [2.45, 2.75) is 32.8 Å². The number of benzene rings is 1. The molecule has 1 fully saturated rings. The lowest BCUT2D eigenvalue weighted by Crippen LogP contribution is -2.42. The van der Waals surface area contributed by atoms with Gasteiger partial charge in [0.05, 0.1) is 6.10 Å². The van der Waals surface area contributed by atoms with Crippen LogP contribution in [0.25, 0.3) is 0 Å². The van der Waals surface area contributed by atoms with Gasteiger partial charge in [-0.2, -0.15) is 0 Å². The van der Waals surface area contributed by atoms with Crippen LogP contribution in [0.4, 0.5) is 0 Å². The zero-order valence-corrected chi connectivity index (χ0v) is 19.2. The van der Waals surface area contributed by atoms with Gasteiger partial charge in [-0.05, 0) is 32.3 Å². The van der Waals surface area contributed by atoms with Crippen molar-refractivity contribution in [1.29, 1.82) is 0 Å². The Bertz CT molecular complexity index is 605.